The van der Waals surface area contributed by atoms with Gasteiger partial charge in [-0.1, -0.05) is 105 Å². The summed E-state index contributed by atoms with van der Waals surface area (Å²) >= 11 is 0. The number of fused-ring (bicyclic) bond motifs is 2. The molecule has 4 nitrogen and oxygen atoms in total. The maximum Gasteiger partial charge on any atom is 0.160 e. The van der Waals surface area contributed by atoms with Crippen LogP contribution in [-0.2, 0) is 5.41 Å². The van der Waals surface area contributed by atoms with Gasteiger partial charge in [0, 0.05) is 33.2 Å². The van der Waals surface area contributed by atoms with Crippen LogP contribution in [0.5, 0.6) is 11.5 Å². The molecule has 0 N–H and O–H groups in total. The molecule has 6 aromatic rings. The van der Waals surface area contributed by atoms with Crippen molar-refractivity contribution >= 4 is 0 Å². The highest BCUT2D eigenvalue weighted by atomic mass is 16.5. The quantitative estimate of drug-likeness (QED) is 0.212. The van der Waals surface area contributed by atoms with Crippen LogP contribution in [0.4, 0.5) is 0 Å². The van der Waals surface area contributed by atoms with Crippen LogP contribution in [0.3, 0.4) is 0 Å². The van der Waals surface area contributed by atoms with E-state index in [9.17, 15) is 5.26 Å². The molecular weight excluding hydrogens is 526 g/mol. The van der Waals surface area contributed by atoms with Gasteiger partial charge in [0.25, 0.3) is 0 Å². The predicted molar refractivity (Wildman–Crippen MR) is 172 cm³/mol. The average molecular weight is 556 g/mol. The average Bonchev–Trinajstić information content (AvgIpc) is 3.08. The monoisotopic (exact) mass is 555 g/mol. The molecule has 2 heterocycles. The van der Waals surface area contributed by atoms with Gasteiger partial charge in [-0.15, -0.1) is 0 Å². The fourth-order valence-corrected chi connectivity index (χ4v) is 6.03. The van der Waals surface area contributed by atoms with Gasteiger partial charge in [0.15, 0.2) is 5.82 Å². The third-order valence-corrected chi connectivity index (χ3v) is 8.54. The van der Waals surface area contributed by atoms with Crippen molar-refractivity contribution in [3.05, 3.63) is 144 Å². The van der Waals surface area contributed by atoms with E-state index in [1.54, 1.807) is 0 Å². The van der Waals surface area contributed by atoms with Crippen molar-refractivity contribution in [2.45, 2.75) is 25.7 Å². The Hall–Kier alpha value is -5.53. The Morgan fingerprint density at radius 3 is 1.86 bits per heavy atom. The van der Waals surface area contributed by atoms with E-state index in [1.165, 1.54) is 5.56 Å². The lowest BCUT2D eigenvalue weighted by Crippen LogP contribution is -2.28. The second-order valence-electron chi connectivity index (χ2n) is 11.1. The van der Waals surface area contributed by atoms with E-state index in [0.29, 0.717) is 11.4 Å². The van der Waals surface area contributed by atoms with Gasteiger partial charge in [0.1, 0.15) is 11.5 Å². The fraction of sp³-hybridized carbons (Fsp3) is 0.103. The maximum absolute atomic E-state index is 9.94. The number of nitrogens with zero attached hydrogens (tertiary/aromatic N) is 3. The topological polar surface area (TPSA) is 58.8 Å². The summed E-state index contributed by atoms with van der Waals surface area (Å²) in [7, 11) is 0. The molecular formula is C39H29N3O. The van der Waals surface area contributed by atoms with Crippen molar-refractivity contribution in [2.75, 3.05) is 0 Å². The van der Waals surface area contributed by atoms with Gasteiger partial charge in [-0.2, -0.15) is 5.26 Å². The van der Waals surface area contributed by atoms with Crippen molar-refractivity contribution in [3.8, 4) is 62.6 Å². The standard InChI is InChI=1S/C39H29N3O/c1-3-39(2)32-23-30(21-22-35(32)43-36-16-10-15-31(25-40)37(36)39)38-41-33(28-13-8-5-9-14-28)24-34(42-38)29-19-17-27(18-20-29)26-11-6-4-7-12-26/h4-24H,3H2,1-2H3. The highest BCUT2D eigenvalue weighted by Gasteiger charge is 2.39. The van der Waals surface area contributed by atoms with E-state index in [0.717, 1.165) is 62.7 Å². The van der Waals surface area contributed by atoms with E-state index in [4.69, 9.17) is 14.7 Å². The molecule has 1 aliphatic heterocycles. The third kappa shape index (κ3) is 4.66. The number of benzene rings is 5. The molecule has 0 saturated carbocycles. The van der Waals surface area contributed by atoms with Gasteiger partial charge in [-0.05, 0) is 53.9 Å². The molecule has 1 aliphatic rings. The Morgan fingerprint density at radius 2 is 1.21 bits per heavy atom. The molecule has 7 rings (SSSR count). The smallest absolute Gasteiger partial charge is 0.160 e. The van der Waals surface area contributed by atoms with E-state index in [-0.39, 0.29) is 0 Å². The van der Waals surface area contributed by atoms with Crippen molar-refractivity contribution in [2.24, 2.45) is 0 Å². The molecule has 1 atom stereocenters. The first kappa shape index (κ1) is 26.4. The Morgan fingerprint density at radius 1 is 0.628 bits per heavy atom. The molecule has 206 valence electrons. The molecule has 0 fully saturated rings. The highest BCUT2D eigenvalue weighted by molar-refractivity contribution is 5.75. The molecule has 0 spiro atoms. The summed E-state index contributed by atoms with van der Waals surface area (Å²) in [4.78, 5) is 10.2. The van der Waals surface area contributed by atoms with Crippen LogP contribution in [0.25, 0.3) is 45.0 Å². The molecule has 0 amide bonds. The van der Waals surface area contributed by atoms with Crippen LogP contribution in [0.15, 0.2) is 127 Å². The van der Waals surface area contributed by atoms with Crippen molar-refractivity contribution in [1.82, 2.24) is 9.97 Å². The Bertz CT molecular complexity index is 1990. The molecule has 0 aliphatic carbocycles. The third-order valence-electron chi connectivity index (χ3n) is 8.54. The molecule has 1 aromatic heterocycles. The summed E-state index contributed by atoms with van der Waals surface area (Å²) in [5.74, 6) is 2.18. The lowest BCUT2D eigenvalue weighted by molar-refractivity contribution is 0.399. The van der Waals surface area contributed by atoms with Gasteiger partial charge in [0.05, 0.1) is 23.0 Å². The molecule has 0 saturated heterocycles. The summed E-state index contributed by atoms with van der Waals surface area (Å²) in [5, 5.41) is 9.94. The zero-order chi connectivity index (χ0) is 29.4. The van der Waals surface area contributed by atoms with Crippen molar-refractivity contribution in [3.63, 3.8) is 0 Å². The predicted octanol–water partition coefficient (Wildman–Crippen LogP) is 9.84. The van der Waals surface area contributed by atoms with E-state index in [2.05, 4.69) is 92.7 Å². The van der Waals surface area contributed by atoms with Crippen LogP contribution >= 0.6 is 0 Å². The zero-order valence-corrected chi connectivity index (χ0v) is 24.1. The minimum Gasteiger partial charge on any atom is -0.457 e. The Balaban J connectivity index is 1.36. The zero-order valence-electron chi connectivity index (χ0n) is 24.1. The first-order chi connectivity index (χ1) is 21.1. The van der Waals surface area contributed by atoms with E-state index < -0.39 is 5.41 Å². The molecule has 43 heavy (non-hydrogen) atoms. The molecule has 0 bridgehead atoms. The van der Waals surface area contributed by atoms with Crippen LogP contribution in [-0.4, -0.2) is 9.97 Å². The molecule has 5 aromatic carbocycles. The number of hydrogen-bond acceptors (Lipinski definition) is 4. The van der Waals surface area contributed by atoms with Crippen LogP contribution < -0.4 is 4.74 Å². The lowest BCUT2D eigenvalue weighted by atomic mass is 9.70. The second-order valence-corrected chi connectivity index (χ2v) is 11.1. The number of nitriles is 1. The Kier molecular flexibility index (Phi) is 6.57. The summed E-state index contributed by atoms with van der Waals surface area (Å²) in [6, 6.07) is 45.4. The lowest BCUT2D eigenvalue weighted by Gasteiger charge is -2.37. The Labute approximate surface area is 251 Å². The number of rotatable bonds is 5. The molecule has 4 heteroatoms. The minimum atomic E-state index is -0.404. The fourth-order valence-electron chi connectivity index (χ4n) is 6.03. The van der Waals surface area contributed by atoms with Gasteiger partial charge < -0.3 is 4.74 Å². The van der Waals surface area contributed by atoms with E-state index in [1.807, 2.05) is 54.6 Å². The van der Waals surface area contributed by atoms with Crippen LogP contribution in [0, 0.1) is 11.3 Å². The normalized spacial score (nSPS) is 15.1. The number of ether oxygens (including phenoxy) is 1. The van der Waals surface area contributed by atoms with Gasteiger partial charge in [-0.3, -0.25) is 0 Å². The maximum atomic E-state index is 9.94. The second kappa shape index (κ2) is 10.7. The first-order valence-electron chi connectivity index (χ1n) is 14.5. The first-order valence-corrected chi connectivity index (χ1v) is 14.5. The summed E-state index contributed by atoms with van der Waals surface area (Å²) in [6.45, 7) is 4.35. The van der Waals surface area contributed by atoms with Crippen LogP contribution in [0.2, 0.25) is 0 Å². The number of hydrogen-bond donors (Lipinski definition) is 0. The van der Waals surface area contributed by atoms with Crippen molar-refractivity contribution < 1.29 is 4.74 Å². The molecule has 1 unspecified atom stereocenters. The van der Waals surface area contributed by atoms with Gasteiger partial charge in [-0.25, -0.2) is 9.97 Å². The van der Waals surface area contributed by atoms with Gasteiger partial charge in [0.2, 0.25) is 0 Å². The SMILES string of the molecule is CCC1(C)c2cc(-c3nc(-c4ccccc4)cc(-c4ccc(-c5ccccc5)cc4)n3)ccc2Oc2cccc(C#N)c21. The number of aromatic nitrogens is 2. The minimum absolute atomic E-state index is 0.404. The summed E-state index contributed by atoms with van der Waals surface area (Å²) in [5.41, 5.74) is 9.21. The van der Waals surface area contributed by atoms with Gasteiger partial charge >= 0.3 is 0 Å². The van der Waals surface area contributed by atoms with E-state index >= 15 is 0 Å². The van der Waals surface area contributed by atoms with Crippen molar-refractivity contribution in [1.29, 1.82) is 5.26 Å². The van der Waals surface area contributed by atoms with Crippen LogP contribution in [0.1, 0.15) is 37.0 Å². The summed E-state index contributed by atoms with van der Waals surface area (Å²) in [6.07, 6.45) is 0.808. The summed E-state index contributed by atoms with van der Waals surface area (Å²) < 4.78 is 6.35. The highest BCUT2D eigenvalue weighted by Crippen LogP contribution is 2.51. The largest absolute Gasteiger partial charge is 0.457 e. The molecule has 0 radical (unpaired) electrons.